The highest BCUT2D eigenvalue weighted by molar-refractivity contribution is 7.97. The molecular formula is C14H16N2O4S. The van der Waals surface area contributed by atoms with E-state index in [0.717, 1.165) is 16.7 Å². The fourth-order valence-electron chi connectivity index (χ4n) is 2.38. The Morgan fingerprint density at radius 1 is 1.52 bits per heavy atom. The quantitative estimate of drug-likeness (QED) is 0.682. The molecule has 1 N–H and O–H groups in total. The van der Waals surface area contributed by atoms with E-state index < -0.39 is 11.0 Å². The van der Waals surface area contributed by atoms with Gasteiger partial charge in [0.15, 0.2) is 0 Å². The average molecular weight is 308 g/mol. The number of nitro benzene ring substituents is 1. The number of carboxylic acid groups (broad SMARTS) is 1. The van der Waals surface area contributed by atoms with Crippen LogP contribution in [-0.4, -0.2) is 40.4 Å². The van der Waals surface area contributed by atoms with Crippen LogP contribution in [0.2, 0.25) is 0 Å². The first-order chi connectivity index (χ1) is 10.0. The zero-order chi connectivity index (χ0) is 15.4. The number of thioether (sulfide) groups is 1. The van der Waals surface area contributed by atoms with Gasteiger partial charge in [0.05, 0.1) is 4.92 Å². The number of hydrogen-bond acceptors (Lipinski definition) is 4. The van der Waals surface area contributed by atoms with Gasteiger partial charge in [-0.25, -0.2) is 4.79 Å². The maximum Gasteiger partial charge on any atom is 0.407 e. The van der Waals surface area contributed by atoms with Crippen molar-refractivity contribution in [2.45, 2.75) is 12.2 Å². The van der Waals surface area contributed by atoms with Gasteiger partial charge < -0.3 is 10.0 Å². The molecule has 0 unspecified atom stereocenters. The molecule has 0 aromatic heterocycles. The summed E-state index contributed by atoms with van der Waals surface area (Å²) in [7, 11) is 0. The highest BCUT2D eigenvalue weighted by Gasteiger charge is 2.20. The summed E-state index contributed by atoms with van der Waals surface area (Å²) in [4.78, 5) is 22.9. The molecule has 0 aliphatic carbocycles. The van der Waals surface area contributed by atoms with Crippen molar-refractivity contribution >= 4 is 29.1 Å². The Morgan fingerprint density at radius 2 is 2.29 bits per heavy atom. The zero-order valence-electron chi connectivity index (χ0n) is 11.6. The molecule has 112 valence electrons. The molecule has 1 aliphatic rings. The molecule has 0 atom stereocenters. The summed E-state index contributed by atoms with van der Waals surface area (Å²) in [6.07, 6.45) is 3.68. The minimum absolute atomic E-state index is 0.0642. The maximum atomic E-state index is 11.1. The summed E-state index contributed by atoms with van der Waals surface area (Å²) in [5, 5.41) is 20.0. The predicted molar refractivity (Wildman–Crippen MR) is 82.5 cm³/mol. The van der Waals surface area contributed by atoms with Gasteiger partial charge in [0.25, 0.3) is 5.69 Å². The van der Waals surface area contributed by atoms with Crippen LogP contribution in [0.25, 0.3) is 5.57 Å². The Kier molecular flexibility index (Phi) is 4.85. The van der Waals surface area contributed by atoms with Gasteiger partial charge in [-0.15, -0.1) is 0 Å². The molecule has 1 aliphatic heterocycles. The van der Waals surface area contributed by atoms with E-state index in [-0.39, 0.29) is 5.69 Å². The van der Waals surface area contributed by atoms with Gasteiger partial charge in [-0.1, -0.05) is 6.08 Å². The van der Waals surface area contributed by atoms with Crippen LogP contribution in [-0.2, 0) is 5.75 Å². The van der Waals surface area contributed by atoms with E-state index in [1.54, 1.807) is 23.9 Å². The van der Waals surface area contributed by atoms with Gasteiger partial charge in [0.2, 0.25) is 0 Å². The van der Waals surface area contributed by atoms with E-state index >= 15 is 0 Å². The number of hydrogen-bond donors (Lipinski definition) is 1. The van der Waals surface area contributed by atoms with Gasteiger partial charge in [-0.3, -0.25) is 10.1 Å². The van der Waals surface area contributed by atoms with Crippen molar-refractivity contribution in [1.82, 2.24) is 4.90 Å². The number of benzene rings is 1. The molecule has 0 fully saturated rings. The molecule has 6 nitrogen and oxygen atoms in total. The van der Waals surface area contributed by atoms with Crippen LogP contribution in [0.1, 0.15) is 17.5 Å². The Morgan fingerprint density at radius 3 is 2.90 bits per heavy atom. The third-order valence-corrected chi connectivity index (χ3v) is 3.97. The topological polar surface area (TPSA) is 83.7 Å². The Bertz CT molecular complexity index is 601. The molecule has 7 heteroatoms. The third kappa shape index (κ3) is 3.55. The van der Waals surface area contributed by atoms with Crippen LogP contribution >= 0.6 is 11.8 Å². The lowest BCUT2D eigenvalue weighted by molar-refractivity contribution is -0.384. The van der Waals surface area contributed by atoms with Crippen molar-refractivity contribution in [3.8, 4) is 0 Å². The molecule has 0 radical (unpaired) electrons. The SMILES string of the molecule is CSCc1cc([N+](=O)[O-])ccc1C1=CCCN(C(=O)O)C1. The lowest BCUT2D eigenvalue weighted by Crippen LogP contribution is -2.34. The summed E-state index contributed by atoms with van der Waals surface area (Å²) >= 11 is 1.58. The number of amides is 1. The van der Waals surface area contributed by atoms with E-state index in [0.29, 0.717) is 25.3 Å². The fourth-order valence-corrected chi connectivity index (χ4v) is 2.93. The average Bonchev–Trinajstić information content (AvgIpc) is 2.47. The molecule has 21 heavy (non-hydrogen) atoms. The van der Waals surface area contributed by atoms with Gasteiger partial charge in [0.1, 0.15) is 0 Å². The van der Waals surface area contributed by atoms with Crippen LogP contribution in [0, 0.1) is 10.1 Å². The summed E-state index contributed by atoms with van der Waals surface area (Å²) in [5.41, 5.74) is 2.76. The number of carbonyl (C=O) groups is 1. The zero-order valence-corrected chi connectivity index (χ0v) is 12.4. The molecule has 1 aromatic rings. The highest BCUT2D eigenvalue weighted by Crippen LogP contribution is 2.29. The number of nitrogens with zero attached hydrogens (tertiary/aromatic N) is 2. The number of rotatable bonds is 4. The van der Waals surface area contributed by atoms with Gasteiger partial charge in [-0.05, 0) is 35.4 Å². The van der Waals surface area contributed by atoms with Crippen molar-refractivity contribution in [2.24, 2.45) is 0 Å². The van der Waals surface area contributed by atoms with E-state index in [1.165, 1.54) is 11.0 Å². The number of non-ortho nitro benzene ring substituents is 1. The van der Waals surface area contributed by atoms with E-state index in [9.17, 15) is 14.9 Å². The second-order valence-electron chi connectivity index (χ2n) is 4.75. The van der Waals surface area contributed by atoms with Gasteiger partial charge in [-0.2, -0.15) is 11.8 Å². The Hall–Kier alpha value is -2.02. The predicted octanol–water partition coefficient (Wildman–Crippen LogP) is 3.22. The molecule has 0 bridgehead atoms. The van der Waals surface area contributed by atoms with Crippen LogP contribution < -0.4 is 0 Å². The summed E-state index contributed by atoms with van der Waals surface area (Å²) in [5.74, 6) is 0.654. The molecule has 2 rings (SSSR count). The van der Waals surface area contributed by atoms with Crippen molar-refractivity contribution in [1.29, 1.82) is 0 Å². The molecule has 0 saturated heterocycles. The smallest absolute Gasteiger partial charge is 0.407 e. The molecule has 1 amide bonds. The summed E-state index contributed by atoms with van der Waals surface area (Å²) < 4.78 is 0. The molecule has 0 spiro atoms. The van der Waals surface area contributed by atoms with Crippen molar-refractivity contribution in [2.75, 3.05) is 19.3 Å². The van der Waals surface area contributed by atoms with Crippen molar-refractivity contribution in [3.05, 3.63) is 45.5 Å². The number of nitro groups is 1. The Balaban J connectivity index is 2.36. The summed E-state index contributed by atoms with van der Waals surface area (Å²) in [6.45, 7) is 0.818. The first-order valence-corrected chi connectivity index (χ1v) is 7.86. The molecule has 1 heterocycles. The normalized spacial score (nSPS) is 14.7. The third-order valence-electron chi connectivity index (χ3n) is 3.37. The van der Waals surface area contributed by atoms with E-state index in [4.69, 9.17) is 5.11 Å². The molecule has 0 saturated carbocycles. The van der Waals surface area contributed by atoms with E-state index in [1.807, 2.05) is 12.3 Å². The second-order valence-corrected chi connectivity index (χ2v) is 5.62. The van der Waals surface area contributed by atoms with Gasteiger partial charge >= 0.3 is 6.09 Å². The second kappa shape index (κ2) is 6.62. The first kappa shape index (κ1) is 15.4. The van der Waals surface area contributed by atoms with Crippen LogP contribution in [0.4, 0.5) is 10.5 Å². The maximum absolute atomic E-state index is 11.1. The standard InChI is InChI=1S/C14H16N2O4S/c1-21-9-11-7-12(16(19)20)4-5-13(11)10-3-2-6-15(8-10)14(17)18/h3-5,7H,2,6,8-9H2,1H3,(H,17,18). The van der Waals surface area contributed by atoms with Crippen LogP contribution in [0.3, 0.4) is 0 Å². The summed E-state index contributed by atoms with van der Waals surface area (Å²) in [6, 6.07) is 4.77. The lowest BCUT2D eigenvalue weighted by Gasteiger charge is -2.25. The minimum atomic E-state index is -0.936. The lowest BCUT2D eigenvalue weighted by atomic mass is 9.96. The van der Waals surface area contributed by atoms with Crippen molar-refractivity contribution < 1.29 is 14.8 Å². The highest BCUT2D eigenvalue weighted by atomic mass is 32.2. The molecular weight excluding hydrogens is 292 g/mol. The van der Waals surface area contributed by atoms with Crippen molar-refractivity contribution in [3.63, 3.8) is 0 Å². The fraction of sp³-hybridized carbons (Fsp3) is 0.357. The first-order valence-electron chi connectivity index (χ1n) is 6.46. The van der Waals surface area contributed by atoms with Gasteiger partial charge in [0, 0.05) is 31.0 Å². The van der Waals surface area contributed by atoms with Crippen LogP contribution in [0.5, 0.6) is 0 Å². The van der Waals surface area contributed by atoms with E-state index in [2.05, 4.69) is 0 Å². The largest absolute Gasteiger partial charge is 0.465 e. The molecule has 1 aromatic carbocycles. The minimum Gasteiger partial charge on any atom is -0.465 e. The monoisotopic (exact) mass is 308 g/mol. The van der Waals surface area contributed by atoms with Crippen LogP contribution in [0.15, 0.2) is 24.3 Å². The Labute approximate surface area is 126 Å².